The molecule has 0 unspecified atom stereocenters. The lowest BCUT2D eigenvalue weighted by Crippen LogP contribution is -2.42. The summed E-state index contributed by atoms with van der Waals surface area (Å²) in [5.74, 6) is -0.867. The lowest BCUT2D eigenvalue weighted by molar-refractivity contribution is -0.137. The number of carbonyl (C=O) groups is 3. The second-order valence-corrected chi connectivity index (χ2v) is 4.73. The number of imide groups is 1. The van der Waals surface area contributed by atoms with Crippen LogP contribution >= 0.6 is 0 Å². The SMILES string of the molecule is CC(C)(C)OC(=O)NC(=O)NCCCCC(=O)O. The molecule has 0 saturated carbocycles. The molecule has 18 heavy (non-hydrogen) atoms. The number of urea groups is 1. The van der Waals surface area contributed by atoms with Gasteiger partial charge in [-0.05, 0) is 33.6 Å². The van der Waals surface area contributed by atoms with Gasteiger partial charge in [0.1, 0.15) is 5.60 Å². The van der Waals surface area contributed by atoms with Crippen LogP contribution in [0.5, 0.6) is 0 Å². The number of hydrogen-bond acceptors (Lipinski definition) is 4. The van der Waals surface area contributed by atoms with E-state index >= 15 is 0 Å². The van der Waals surface area contributed by atoms with Crippen molar-refractivity contribution in [3.63, 3.8) is 0 Å². The maximum absolute atomic E-state index is 11.2. The molecule has 0 spiro atoms. The van der Waals surface area contributed by atoms with Crippen molar-refractivity contribution < 1.29 is 24.2 Å². The normalized spacial score (nSPS) is 10.6. The van der Waals surface area contributed by atoms with Crippen LogP contribution in [-0.2, 0) is 9.53 Å². The van der Waals surface area contributed by atoms with Crippen LogP contribution in [-0.4, -0.2) is 35.3 Å². The Morgan fingerprint density at radius 3 is 2.28 bits per heavy atom. The molecule has 0 atom stereocenters. The van der Waals surface area contributed by atoms with Gasteiger partial charge in [0.2, 0.25) is 0 Å². The molecule has 0 saturated heterocycles. The molecule has 3 amide bonds. The molecule has 0 fully saturated rings. The molecule has 0 aromatic carbocycles. The van der Waals surface area contributed by atoms with Gasteiger partial charge in [-0.1, -0.05) is 0 Å². The van der Waals surface area contributed by atoms with Gasteiger partial charge >= 0.3 is 18.1 Å². The summed E-state index contributed by atoms with van der Waals surface area (Å²) >= 11 is 0. The third-order valence-electron chi connectivity index (χ3n) is 1.72. The summed E-state index contributed by atoms with van der Waals surface area (Å²) in [6.45, 7) is 5.38. The summed E-state index contributed by atoms with van der Waals surface area (Å²) in [6.07, 6.45) is 0.261. The van der Waals surface area contributed by atoms with E-state index in [0.29, 0.717) is 19.4 Å². The van der Waals surface area contributed by atoms with Crippen molar-refractivity contribution >= 4 is 18.1 Å². The number of ether oxygens (including phenoxy) is 1. The Morgan fingerprint density at radius 2 is 1.78 bits per heavy atom. The van der Waals surface area contributed by atoms with E-state index in [1.807, 2.05) is 5.32 Å². The highest BCUT2D eigenvalue weighted by atomic mass is 16.6. The molecule has 3 N–H and O–H groups in total. The molecule has 0 aliphatic heterocycles. The van der Waals surface area contributed by atoms with Crippen molar-refractivity contribution in [2.45, 2.75) is 45.6 Å². The highest BCUT2D eigenvalue weighted by molar-refractivity contribution is 5.90. The summed E-state index contributed by atoms with van der Waals surface area (Å²) < 4.78 is 4.88. The monoisotopic (exact) mass is 260 g/mol. The van der Waals surface area contributed by atoms with Gasteiger partial charge in [0.15, 0.2) is 0 Å². The van der Waals surface area contributed by atoms with Crippen LogP contribution < -0.4 is 10.6 Å². The minimum Gasteiger partial charge on any atom is -0.481 e. The van der Waals surface area contributed by atoms with E-state index in [9.17, 15) is 14.4 Å². The largest absolute Gasteiger partial charge is 0.481 e. The first-order valence-corrected chi connectivity index (χ1v) is 5.70. The van der Waals surface area contributed by atoms with Crippen molar-refractivity contribution in [2.24, 2.45) is 0 Å². The Bertz CT molecular complexity index is 309. The summed E-state index contributed by atoms with van der Waals surface area (Å²) in [5, 5.41) is 12.8. The van der Waals surface area contributed by atoms with Gasteiger partial charge in [0.25, 0.3) is 0 Å². The van der Waals surface area contributed by atoms with E-state index in [1.54, 1.807) is 20.8 Å². The van der Waals surface area contributed by atoms with Crippen molar-refractivity contribution in [2.75, 3.05) is 6.54 Å². The molecule has 0 rings (SSSR count). The van der Waals surface area contributed by atoms with Crippen LogP contribution in [0.3, 0.4) is 0 Å². The number of alkyl carbamates (subject to hydrolysis) is 1. The average Bonchev–Trinajstić information content (AvgIpc) is 2.12. The first-order valence-electron chi connectivity index (χ1n) is 5.70. The Kier molecular flexibility index (Phi) is 6.77. The lowest BCUT2D eigenvalue weighted by Gasteiger charge is -2.19. The topological polar surface area (TPSA) is 105 Å². The molecular formula is C11H20N2O5. The zero-order valence-corrected chi connectivity index (χ0v) is 10.9. The van der Waals surface area contributed by atoms with Crippen molar-refractivity contribution in [3.05, 3.63) is 0 Å². The van der Waals surface area contributed by atoms with Gasteiger partial charge in [-0.15, -0.1) is 0 Å². The second kappa shape index (κ2) is 7.52. The number of unbranched alkanes of at least 4 members (excludes halogenated alkanes) is 1. The van der Waals surface area contributed by atoms with Crippen molar-refractivity contribution in [1.29, 1.82) is 0 Å². The van der Waals surface area contributed by atoms with Crippen LogP contribution in [0.25, 0.3) is 0 Å². The maximum Gasteiger partial charge on any atom is 0.415 e. The third-order valence-corrected chi connectivity index (χ3v) is 1.72. The molecule has 0 aliphatic rings. The molecule has 0 radical (unpaired) electrons. The molecule has 0 bridgehead atoms. The molecule has 0 heterocycles. The van der Waals surface area contributed by atoms with Gasteiger partial charge in [-0.2, -0.15) is 0 Å². The number of nitrogens with one attached hydrogen (secondary N) is 2. The van der Waals surface area contributed by atoms with Crippen LogP contribution in [0, 0.1) is 0 Å². The standard InChI is InChI=1S/C11H20N2O5/c1-11(2,3)18-10(17)13-9(16)12-7-5-4-6-8(14)15/h4-7H2,1-3H3,(H,14,15)(H2,12,13,16,17). The average molecular weight is 260 g/mol. The number of carboxylic acid groups (broad SMARTS) is 1. The first-order chi connectivity index (χ1) is 8.20. The summed E-state index contributed by atoms with van der Waals surface area (Å²) in [7, 11) is 0. The molecule has 104 valence electrons. The van der Waals surface area contributed by atoms with E-state index in [4.69, 9.17) is 9.84 Å². The van der Waals surface area contributed by atoms with E-state index in [1.165, 1.54) is 0 Å². The first kappa shape index (κ1) is 16.2. The van der Waals surface area contributed by atoms with Crippen LogP contribution in [0.1, 0.15) is 40.0 Å². The van der Waals surface area contributed by atoms with Gasteiger partial charge in [-0.25, -0.2) is 14.9 Å². The fraction of sp³-hybridized carbons (Fsp3) is 0.727. The zero-order chi connectivity index (χ0) is 14.2. The van der Waals surface area contributed by atoms with E-state index in [2.05, 4.69) is 5.32 Å². The molecule has 7 nitrogen and oxygen atoms in total. The van der Waals surface area contributed by atoms with Crippen molar-refractivity contribution in [3.8, 4) is 0 Å². The fourth-order valence-corrected chi connectivity index (χ4v) is 1.04. The smallest absolute Gasteiger partial charge is 0.415 e. The predicted octanol–water partition coefficient (Wildman–Crippen LogP) is 1.48. The number of carboxylic acids is 1. The quantitative estimate of drug-likeness (QED) is 0.649. The zero-order valence-electron chi connectivity index (χ0n) is 10.9. The van der Waals surface area contributed by atoms with E-state index in [-0.39, 0.29) is 6.42 Å². The number of amides is 3. The van der Waals surface area contributed by atoms with Gasteiger partial charge in [0.05, 0.1) is 0 Å². The predicted molar refractivity (Wildman–Crippen MR) is 64.3 cm³/mol. The molecule has 0 aliphatic carbocycles. The molecule has 0 aromatic heterocycles. The Morgan fingerprint density at radius 1 is 1.17 bits per heavy atom. The maximum atomic E-state index is 11.2. The number of rotatable bonds is 5. The minimum atomic E-state index is -0.867. The number of hydrogen-bond donors (Lipinski definition) is 3. The Hall–Kier alpha value is -1.79. The second-order valence-electron chi connectivity index (χ2n) is 4.73. The number of aliphatic carboxylic acids is 1. The minimum absolute atomic E-state index is 0.0648. The summed E-state index contributed by atoms with van der Waals surface area (Å²) in [4.78, 5) is 32.6. The highest BCUT2D eigenvalue weighted by Crippen LogP contribution is 2.06. The fourth-order valence-electron chi connectivity index (χ4n) is 1.04. The lowest BCUT2D eigenvalue weighted by atomic mass is 10.2. The van der Waals surface area contributed by atoms with Crippen LogP contribution in [0.15, 0.2) is 0 Å². The summed E-state index contributed by atoms with van der Waals surface area (Å²) in [6, 6.07) is -0.653. The van der Waals surface area contributed by atoms with Gasteiger partial charge in [-0.3, -0.25) is 4.79 Å². The van der Waals surface area contributed by atoms with Crippen molar-refractivity contribution in [1.82, 2.24) is 10.6 Å². The Balaban J connectivity index is 3.65. The Labute approximate surface area is 106 Å². The van der Waals surface area contributed by atoms with Crippen LogP contribution in [0.2, 0.25) is 0 Å². The van der Waals surface area contributed by atoms with Gasteiger partial charge in [0, 0.05) is 13.0 Å². The molecule has 7 heteroatoms. The number of carbonyl (C=O) groups excluding carboxylic acids is 2. The van der Waals surface area contributed by atoms with Crippen LogP contribution in [0.4, 0.5) is 9.59 Å². The molecular weight excluding hydrogens is 240 g/mol. The van der Waals surface area contributed by atoms with Gasteiger partial charge < -0.3 is 15.2 Å². The van der Waals surface area contributed by atoms with E-state index in [0.717, 1.165) is 0 Å². The summed E-state index contributed by atoms with van der Waals surface area (Å²) in [5.41, 5.74) is -0.661. The van der Waals surface area contributed by atoms with E-state index < -0.39 is 23.7 Å². The molecule has 0 aromatic rings. The third kappa shape index (κ3) is 10.7. The highest BCUT2D eigenvalue weighted by Gasteiger charge is 2.17.